The van der Waals surface area contributed by atoms with Crippen LogP contribution in [0.15, 0.2) is 41.0 Å². The van der Waals surface area contributed by atoms with Gasteiger partial charge in [0.25, 0.3) is 5.91 Å². The first-order valence-corrected chi connectivity index (χ1v) is 11.0. The van der Waals surface area contributed by atoms with E-state index < -0.39 is 0 Å². The molecular formula is C24H33N3O2. The lowest BCUT2D eigenvalue weighted by Gasteiger charge is -2.35. The molecule has 2 atom stereocenters. The largest absolute Gasteiger partial charge is 0.467 e. The van der Waals surface area contributed by atoms with Gasteiger partial charge in [0.05, 0.1) is 18.4 Å². The molecule has 2 aromatic rings. The Kier molecular flexibility index (Phi) is 5.95. The van der Waals surface area contributed by atoms with E-state index in [2.05, 4.69) is 60.2 Å². The monoisotopic (exact) mass is 395 g/mol. The minimum absolute atomic E-state index is 0.0360. The highest BCUT2D eigenvalue weighted by atomic mass is 16.3. The minimum Gasteiger partial charge on any atom is -0.467 e. The van der Waals surface area contributed by atoms with Crippen LogP contribution in [-0.4, -0.2) is 42.5 Å². The molecule has 29 heavy (non-hydrogen) atoms. The van der Waals surface area contributed by atoms with Crippen molar-refractivity contribution in [3.63, 3.8) is 0 Å². The van der Waals surface area contributed by atoms with Gasteiger partial charge in [-0.1, -0.05) is 25.1 Å². The van der Waals surface area contributed by atoms with Crippen molar-refractivity contribution in [1.29, 1.82) is 0 Å². The van der Waals surface area contributed by atoms with Crippen LogP contribution in [0.25, 0.3) is 0 Å². The first-order chi connectivity index (χ1) is 14.0. The maximum absolute atomic E-state index is 12.9. The van der Waals surface area contributed by atoms with E-state index in [1.54, 1.807) is 12.3 Å². The minimum atomic E-state index is -0.0360. The summed E-state index contributed by atoms with van der Waals surface area (Å²) < 4.78 is 5.73. The molecule has 0 bridgehead atoms. The molecule has 3 heterocycles. The molecule has 2 aliphatic heterocycles. The summed E-state index contributed by atoms with van der Waals surface area (Å²) in [7, 11) is 0. The fraction of sp³-hybridized carbons (Fsp3) is 0.542. The van der Waals surface area contributed by atoms with Gasteiger partial charge in [0, 0.05) is 24.3 Å². The van der Waals surface area contributed by atoms with Crippen LogP contribution >= 0.6 is 0 Å². The van der Waals surface area contributed by atoms with Crippen molar-refractivity contribution in [2.45, 2.75) is 58.7 Å². The average Bonchev–Trinajstić information content (AvgIpc) is 3.31. The summed E-state index contributed by atoms with van der Waals surface area (Å²) in [5.41, 5.74) is 3.26. The predicted octanol–water partition coefficient (Wildman–Crippen LogP) is 4.08. The second-order valence-corrected chi connectivity index (χ2v) is 8.84. The Labute approximate surface area is 174 Å². The lowest BCUT2D eigenvalue weighted by atomic mass is 9.98. The second kappa shape index (κ2) is 8.62. The molecule has 156 valence electrons. The molecule has 0 spiro atoms. The first-order valence-electron chi connectivity index (χ1n) is 11.0. The van der Waals surface area contributed by atoms with Crippen LogP contribution in [0, 0.1) is 5.92 Å². The highest BCUT2D eigenvalue weighted by Gasteiger charge is 2.28. The first kappa shape index (κ1) is 20.0. The van der Waals surface area contributed by atoms with Crippen molar-refractivity contribution in [2.24, 2.45) is 5.92 Å². The van der Waals surface area contributed by atoms with Gasteiger partial charge >= 0.3 is 0 Å². The van der Waals surface area contributed by atoms with Crippen LogP contribution in [0.4, 0.5) is 5.69 Å². The molecule has 5 heteroatoms. The van der Waals surface area contributed by atoms with Crippen LogP contribution in [0.3, 0.4) is 0 Å². The van der Waals surface area contributed by atoms with Gasteiger partial charge in [-0.2, -0.15) is 0 Å². The van der Waals surface area contributed by atoms with E-state index in [0.717, 1.165) is 31.2 Å². The zero-order chi connectivity index (χ0) is 20.4. The lowest BCUT2D eigenvalue weighted by Crippen LogP contribution is -2.45. The fourth-order valence-electron chi connectivity index (χ4n) is 4.62. The van der Waals surface area contributed by atoms with Crippen molar-refractivity contribution in [1.82, 2.24) is 10.2 Å². The van der Waals surface area contributed by atoms with Gasteiger partial charge in [0.15, 0.2) is 0 Å². The summed E-state index contributed by atoms with van der Waals surface area (Å²) in [6.45, 7) is 10.3. The molecule has 1 N–H and O–H groups in total. The van der Waals surface area contributed by atoms with Crippen LogP contribution in [0.1, 0.15) is 55.3 Å². The summed E-state index contributed by atoms with van der Waals surface area (Å²) >= 11 is 0. The highest BCUT2D eigenvalue weighted by molar-refractivity contribution is 5.95. The van der Waals surface area contributed by atoms with Crippen molar-refractivity contribution in [2.75, 3.05) is 24.5 Å². The van der Waals surface area contributed by atoms with E-state index in [0.29, 0.717) is 30.7 Å². The third-order valence-corrected chi connectivity index (χ3v) is 6.65. The zero-order valence-corrected chi connectivity index (χ0v) is 17.9. The Morgan fingerprint density at radius 3 is 2.76 bits per heavy atom. The molecule has 5 nitrogen and oxygen atoms in total. The van der Waals surface area contributed by atoms with Crippen LogP contribution < -0.4 is 10.2 Å². The number of para-hydroxylation sites is 1. The molecule has 1 saturated heterocycles. The van der Waals surface area contributed by atoms with Gasteiger partial charge in [-0.25, -0.2) is 0 Å². The molecule has 1 aromatic carbocycles. The molecule has 1 amide bonds. The lowest BCUT2D eigenvalue weighted by molar-refractivity contribution is 0.0919. The van der Waals surface area contributed by atoms with Crippen molar-refractivity contribution in [3.05, 3.63) is 53.5 Å². The molecule has 0 radical (unpaired) electrons. The van der Waals surface area contributed by atoms with Crippen molar-refractivity contribution >= 4 is 11.6 Å². The van der Waals surface area contributed by atoms with Gasteiger partial charge < -0.3 is 14.6 Å². The number of piperidine rings is 1. The molecule has 1 fully saturated rings. The van der Waals surface area contributed by atoms with E-state index in [-0.39, 0.29) is 5.91 Å². The van der Waals surface area contributed by atoms with E-state index in [1.807, 2.05) is 0 Å². The number of furan rings is 1. The van der Waals surface area contributed by atoms with Gasteiger partial charge in [0.2, 0.25) is 0 Å². The third kappa shape index (κ3) is 4.35. The Balaban J connectivity index is 1.37. The zero-order valence-electron chi connectivity index (χ0n) is 17.9. The van der Waals surface area contributed by atoms with Crippen LogP contribution in [-0.2, 0) is 13.0 Å². The number of nitrogens with zero attached hydrogens (tertiary/aromatic N) is 2. The Hall–Kier alpha value is -2.27. The number of amides is 1. The van der Waals surface area contributed by atoms with Gasteiger partial charge in [-0.05, 0) is 69.8 Å². The molecule has 1 aromatic heterocycles. The summed E-state index contributed by atoms with van der Waals surface area (Å²) in [4.78, 5) is 17.7. The van der Waals surface area contributed by atoms with E-state index in [4.69, 9.17) is 4.42 Å². The summed E-state index contributed by atoms with van der Waals surface area (Å²) in [5.74, 6) is 1.52. The Morgan fingerprint density at radius 2 is 1.97 bits per heavy atom. The van der Waals surface area contributed by atoms with Crippen molar-refractivity contribution < 1.29 is 9.21 Å². The Morgan fingerprint density at radius 1 is 1.21 bits per heavy atom. The SMILES string of the molecule is CC1CCN(C(C)CNC(=O)c2ccoc2CN2c3ccccc3CC2C)CC1. The molecule has 4 rings (SSSR count). The smallest absolute Gasteiger partial charge is 0.254 e. The van der Waals surface area contributed by atoms with Crippen molar-refractivity contribution in [3.8, 4) is 0 Å². The van der Waals surface area contributed by atoms with Gasteiger partial charge in [0.1, 0.15) is 5.76 Å². The number of hydrogen-bond donors (Lipinski definition) is 1. The second-order valence-electron chi connectivity index (χ2n) is 8.84. The molecule has 2 aliphatic rings. The Bertz CT molecular complexity index is 838. The standard InChI is InChI=1S/C24H33N3O2/c1-17-8-11-26(12-9-17)19(3)15-25-24(28)21-10-13-29-23(21)16-27-18(2)14-20-6-4-5-7-22(20)27/h4-7,10,13,17-19H,8-9,11-12,14-16H2,1-3H3,(H,25,28). The number of hydrogen-bond acceptors (Lipinski definition) is 4. The van der Waals surface area contributed by atoms with Crippen LogP contribution in [0.2, 0.25) is 0 Å². The van der Waals surface area contributed by atoms with Crippen LogP contribution in [0.5, 0.6) is 0 Å². The topological polar surface area (TPSA) is 48.7 Å². The maximum atomic E-state index is 12.9. The predicted molar refractivity (Wildman–Crippen MR) is 116 cm³/mol. The van der Waals surface area contributed by atoms with E-state index in [9.17, 15) is 4.79 Å². The quantitative estimate of drug-likeness (QED) is 0.801. The number of anilines is 1. The number of benzene rings is 1. The molecule has 0 saturated carbocycles. The molecule has 0 aliphatic carbocycles. The summed E-state index contributed by atoms with van der Waals surface area (Å²) in [6.07, 6.45) is 5.16. The van der Waals surface area contributed by atoms with E-state index >= 15 is 0 Å². The summed E-state index contributed by atoms with van der Waals surface area (Å²) in [5, 5.41) is 3.13. The number of likely N-dealkylation sites (tertiary alicyclic amines) is 1. The number of rotatable bonds is 6. The number of carbonyl (C=O) groups is 1. The number of fused-ring (bicyclic) bond motifs is 1. The average molecular weight is 396 g/mol. The van der Waals surface area contributed by atoms with E-state index in [1.165, 1.54) is 24.1 Å². The summed E-state index contributed by atoms with van der Waals surface area (Å²) in [6, 6.07) is 11.0. The molecular weight excluding hydrogens is 362 g/mol. The van der Waals surface area contributed by atoms with Gasteiger partial charge in [-0.15, -0.1) is 0 Å². The number of nitrogens with one attached hydrogen (secondary N) is 1. The normalized spacial score (nSPS) is 21.2. The third-order valence-electron chi connectivity index (χ3n) is 6.65. The molecule has 2 unspecified atom stereocenters. The maximum Gasteiger partial charge on any atom is 0.254 e. The number of carbonyl (C=O) groups excluding carboxylic acids is 1. The highest BCUT2D eigenvalue weighted by Crippen LogP contribution is 2.33. The van der Waals surface area contributed by atoms with Gasteiger partial charge in [-0.3, -0.25) is 9.69 Å². The fourth-order valence-corrected chi connectivity index (χ4v) is 4.62.